The Morgan fingerprint density at radius 2 is 1.80 bits per heavy atom. The van der Waals surface area contributed by atoms with E-state index in [4.69, 9.17) is 0 Å². The van der Waals surface area contributed by atoms with Crippen molar-refractivity contribution in [1.29, 1.82) is 0 Å². The van der Waals surface area contributed by atoms with Gasteiger partial charge in [-0.05, 0) is 12.1 Å². The number of piperazine rings is 1. The van der Waals surface area contributed by atoms with Crippen LogP contribution in [-0.2, 0) is 11.3 Å². The Bertz CT molecular complexity index is 851. The Morgan fingerprint density at radius 3 is 2.56 bits per heavy atom. The lowest BCUT2D eigenvalue weighted by molar-refractivity contribution is -0.121. The molecule has 1 fully saturated rings. The summed E-state index contributed by atoms with van der Waals surface area (Å²) in [5.41, 5.74) is -0.613. The van der Waals surface area contributed by atoms with Gasteiger partial charge >= 0.3 is 0 Å². The number of carbonyl (C=O) groups excluding carboxylic acids is 1. The maximum absolute atomic E-state index is 12.4. The fraction of sp³-hybridized carbons (Fsp3) is 0.471. The number of fused-ring (bicyclic) bond motifs is 1. The molecule has 8 nitrogen and oxygen atoms in total. The summed E-state index contributed by atoms with van der Waals surface area (Å²) in [6.45, 7) is 5.49. The van der Waals surface area contributed by atoms with Gasteiger partial charge in [0.05, 0.1) is 17.3 Å². The molecular formula is C17H23N5O3. The number of amides is 1. The topological polar surface area (TPSA) is 99.2 Å². The summed E-state index contributed by atoms with van der Waals surface area (Å²) in [6, 6.07) is 6.67. The molecule has 0 radical (unpaired) electrons. The summed E-state index contributed by atoms with van der Waals surface area (Å²) in [5, 5.41) is 9.41. The van der Waals surface area contributed by atoms with Crippen LogP contribution in [0.1, 0.15) is 6.42 Å². The molecule has 1 saturated heterocycles. The maximum Gasteiger partial charge on any atom is 0.273 e. The highest BCUT2D eigenvalue weighted by molar-refractivity contribution is 5.80. The average Bonchev–Trinajstić information content (AvgIpc) is 2.64. The van der Waals surface area contributed by atoms with Crippen molar-refractivity contribution in [1.82, 2.24) is 25.3 Å². The first-order valence-corrected chi connectivity index (χ1v) is 8.57. The summed E-state index contributed by atoms with van der Waals surface area (Å²) < 4.78 is 1.21. The molecule has 25 heavy (non-hydrogen) atoms. The highest BCUT2D eigenvalue weighted by Crippen LogP contribution is 2.02. The van der Waals surface area contributed by atoms with E-state index in [9.17, 15) is 14.4 Å². The number of benzene rings is 1. The van der Waals surface area contributed by atoms with Crippen molar-refractivity contribution in [2.45, 2.75) is 13.0 Å². The van der Waals surface area contributed by atoms with Crippen LogP contribution in [0.25, 0.3) is 10.8 Å². The van der Waals surface area contributed by atoms with E-state index in [1.165, 1.54) is 4.68 Å². The predicted octanol–water partition coefficient (Wildman–Crippen LogP) is -0.899. The fourth-order valence-corrected chi connectivity index (χ4v) is 2.99. The molecule has 0 aliphatic carbocycles. The van der Waals surface area contributed by atoms with Crippen LogP contribution < -0.4 is 21.8 Å². The summed E-state index contributed by atoms with van der Waals surface area (Å²) in [7, 11) is 0. The Hall–Kier alpha value is -2.45. The molecule has 0 unspecified atom stereocenters. The maximum atomic E-state index is 12.4. The van der Waals surface area contributed by atoms with Crippen LogP contribution in [0.4, 0.5) is 0 Å². The zero-order chi connectivity index (χ0) is 17.6. The Kier molecular flexibility index (Phi) is 5.62. The highest BCUT2D eigenvalue weighted by Gasteiger charge is 2.10. The Labute approximate surface area is 144 Å². The Balaban J connectivity index is 1.53. The molecule has 3 rings (SSSR count). The zero-order valence-corrected chi connectivity index (χ0v) is 14.1. The first kappa shape index (κ1) is 17.4. The van der Waals surface area contributed by atoms with E-state index < -0.39 is 0 Å². The second kappa shape index (κ2) is 8.09. The van der Waals surface area contributed by atoms with Gasteiger partial charge in [0, 0.05) is 45.7 Å². The lowest BCUT2D eigenvalue weighted by Crippen LogP contribution is -2.46. The van der Waals surface area contributed by atoms with Crippen LogP contribution >= 0.6 is 0 Å². The van der Waals surface area contributed by atoms with Gasteiger partial charge in [0.1, 0.15) is 0 Å². The molecule has 0 spiro atoms. The molecule has 1 aromatic heterocycles. The van der Waals surface area contributed by atoms with E-state index in [0.29, 0.717) is 17.3 Å². The van der Waals surface area contributed by atoms with Crippen molar-refractivity contribution in [2.24, 2.45) is 0 Å². The van der Waals surface area contributed by atoms with Gasteiger partial charge in [0.15, 0.2) is 0 Å². The molecule has 3 N–H and O–H groups in total. The van der Waals surface area contributed by atoms with Crippen molar-refractivity contribution in [3.8, 4) is 0 Å². The highest BCUT2D eigenvalue weighted by atomic mass is 16.2. The summed E-state index contributed by atoms with van der Waals surface area (Å²) in [5.74, 6) is -0.129. The number of hydrogen-bond acceptors (Lipinski definition) is 5. The van der Waals surface area contributed by atoms with Crippen molar-refractivity contribution in [3.05, 3.63) is 45.0 Å². The van der Waals surface area contributed by atoms with Gasteiger partial charge in [-0.2, -0.15) is 0 Å². The molecule has 1 amide bonds. The molecule has 2 heterocycles. The summed E-state index contributed by atoms with van der Waals surface area (Å²) >= 11 is 0. The molecule has 0 bridgehead atoms. The monoisotopic (exact) mass is 345 g/mol. The second-order valence-corrected chi connectivity index (χ2v) is 6.13. The van der Waals surface area contributed by atoms with Crippen molar-refractivity contribution in [2.75, 3.05) is 39.3 Å². The van der Waals surface area contributed by atoms with E-state index in [2.05, 4.69) is 20.6 Å². The smallest absolute Gasteiger partial charge is 0.273 e. The number of carbonyl (C=O) groups is 1. The third kappa shape index (κ3) is 4.34. The average molecular weight is 345 g/mol. The fourth-order valence-electron chi connectivity index (χ4n) is 2.99. The van der Waals surface area contributed by atoms with Crippen LogP contribution in [-0.4, -0.2) is 59.9 Å². The minimum absolute atomic E-state index is 0.129. The second-order valence-electron chi connectivity index (χ2n) is 6.13. The largest absolute Gasteiger partial charge is 0.355 e. The van der Waals surface area contributed by atoms with Crippen molar-refractivity contribution in [3.63, 3.8) is 0 Å². The van der Waals surface area contributed by atoms with Gasteiger partial charge in [-0.15, -0.1) is 0 Å². The van der Waals surface area contributed by atoms with Gasteiger partial charge in [-0.25, -0.2) is 4.68 Å². The number of rotatable bonds is 6. The number of aromatic nitrogens is 2. The molecule has 1 aromatic carbocycles. The van der Waals surface area contributed by atoms with Gasteiger partial charge < -0.3 is 10.6 Å². The third-order valence-electron chi connectivity index (χ3n) is 4.41. The number of hydrogen-bond donors (Lipinski definition) is 3. The van der Waals surface area contributed by atoms with Crippen molar-refractivity contribution >= 4 is 16.7 Å². The first-order valence-electron chi connectivity index (χ1n) is 8.57. The van der Waals surface area contributed by atoms with Crippen LogP contribution in [0, 0.1) is 0 Å². The van der Waals surface area contributed by atoms with E-state index >= 15 is 0 Å². The quantitative estimate of drug-likeness (QED) is 0.630. The lowest BCUT2D eigenvalue weighted by Gasteiger charge is -2.27. The molecule has 8 heteroatoms. The van der Waals surface area contributed by atoms with E-state index in [1.807, 2.05) is 0 Å². The van der Waals surface area contributed by atoms with Gasteiger partial charge in [-0.3, -0.25) is 24.4 Å². The third-order valence-corrected chi connectivity index (χ3v) is 4.41. The molecule has 2 aromatic rings. The van der Waals surface area contributed by atoms with Crippen LogP contribution in [0.5, 0.6) is 0 Å². The molecular weight excluding hydrogens is 322 g/mol. The first-order chi connectivity index (χ1) is 12.1. The molecule has 1 aliphatic rings. The number of H-pyrrole nitrogens is 1. The minimum Gasteiger partial charge on any atom is -0.355 e. The van der Waals surface area contributed by atoms with Crippen LogP contribution in [0.15, 0.2) is 33.9 Å². The number of nitrogens with zero attached hydrogens (tertiary/aromatic N) is 2. The van der Waals surface area contributed by atoms with E-state index in [1.54, 1.807) is 24.3 Å². The van der Waals surface area contributed by atoms with E-state index in [0.717, 1.165) is 32.7 Å². The molecule has 1 aliphatic heterocycles. The summed E-state index contributed by atoms with van der Waals surface area (Å²) in [4.78, 5) is 38.6. The lowest BCUT2D eigenvalue weighted by atomic mass is 10.2. The zero-order valence-electron chi connectivity index (χ0n) is 14.1. The minimum atomic E-state index is -0.325. The Morgan fingerprint density at radius 1 is 1.08 bits per heavy atom. The van der Waals surface area contributed by atoms with Crippen LogP contribution in [0.3, 0.4) is 0 Å². The van der Waals surface area contributed by atoms with E-state index in [-0.39, 0.29) is 30.0 Å². The number of aromatic amines is 1. The molecule has 0 atom stereocenters. The van der Waals surface area contributed by atoms with Crippen LogP contribution in [0.2, 0.25) is 0 Å². The molecule has 134 valence electrons. The standard InChI is InChI=1S/C17H23N5O3/c23-15(19-8-12-21-10-6-18-7-11-21)5-9-22-17(25)14-4-2-1-3-13(14)16(24)20-22/h1-4,18H,5-12H2,(H,19,23)(H,20,24). The number of aryl methyl sites for hydroxylation is 1. The SMILES string of the molecule is O=C(CCn1[nH]c(=O)c2ccccc2c1=O)NCCN1CCNCC1. The van der Waals surface area contributed by atoms with Gasteiger partial charge in [0.2, 0.25) is 5.91 Å². The predicted molar refractivity (Wildman–Crippen MR) is 95.8 cm³/mol. The van der Waals surface area contributed by atoms with Crippen molar-refractivity contribution < 1.29 is 4.79 Å². The van der Waals surface area contributed by atoms with Gasteiger partial charge in [0.25, 0.3) is 11.1 Å². The molecule has 0 saturated carbocycles. The van der Waals surface area contributed by atoms with Gasteiger partial charge in [-0.1, -0.05) is 12.1 Å². The number of nitrogens with one attached hydrogen (secondary N) is 3. The normalized spacial score (nSPS) is 15.4. The summed E-state index contributed by atoms with van der Waals surface area (Å²) in [6.07, 6.45) is 0.149.